The van der Waals surface area contributed by atoms with Crippen LogP contribution >= 0.6 is 10.5 Å². The first-order valence-corrected chi connectivity index (χ1v) is 6.61. The Kier molecular flexibility index (Phi) is 4.69. The molecule has 0 saturated carbocycles. The summed E-state index contributed by atoms with van der Waals surface area (Å²) in [5.41, 5.74) is 1.50. The summed E-state index contributed by atoms with van der Waals surface area (Å²) in [7, 11) is 0.0857. The molecular formula is C12H17NS. The highest BCUT2D eigenvalue weighted by molar-refractivity contribution is 8.14. The van der Waals surface area contributed by atoms with Crippen molar-refractivity contribution in [3.63, 3.8) is 0 Å². The fraction of sp³-hybridized carbons (Fsp3) is 0.500. The smallest absolute Gasteiger partial charge is 0.0636 e. The van der Waals surface area contributed by atoms with E-state index in [2.05, 4.69) is 37.1 Å². The molecule has 0 aromatic carbocycles. The summed E-state index contributed by atoms with van der Waals surface area (Å²) >= 11 is 0. The summed E-state index contributed by atoms with van der Waals surface area (Å²) in [5, 5.41) is 9.04. The van der Waals surface area contributed by atoms with E-state index in [1.54, 1.807) is 0 Å². The first kappa shape index (κ1) is 11.3. The molecule has 0 bridgehead atoms. The summed E-state index contributed by atoms with van der Waals surface area (Å²) in [6, 6.07) is 2.24. The molecule has 1 heterocycles. The van der Waals surface area contributed by atoms with Crippen molar-refractivity contribution in [2.24, 2.45) is 0 Å². The molecule has 0 saturated heterocycles. The third-order valence-electron chi connectivity index (χ3n) is 2.49. The first-order chi connectivity index (χ1) is 6.77. The summed E-state index contributed by atoms with van der Waals surface area (Å²) in [5.74, 6) is 5.19. The SMILES string of the molecule is C=S1CC=C(CC)CC=CC1CC#N. The highest BCUT2D eigenvalue weighted by Crippen LogP contribution is 2.26. The Morgan fingerprint density at radius 2 is 2.50 bits per heavy atom. The van der Waals surface area contributed by atoms with Crippen molar-refractivity contribution in [3.05, 3.63) is 23.8 Å². The summed E-state index contributed by atoms with van der Waals surface area (Å²) < 4.78 is 0. The Morgan fingerprint density at radius 3 is 3.14 bits per heavy atom. The van der Waals surface area contributed by atoms with E-state index in [-0.39, 0.29) is 10.5 Å². The number of hydrogen-bond donors (Lipinski definition) is 0. The van der Waals surface area contributed by atoms with Crippen molar-refractivity contribution < 1.29 is 0 Å². The average Bonchev–Trinajstić information content (AvgIpc) is 2.18. The highest BCUT2D eigenvalue weighted by Gasteiger charge is 2.08. The molecule has 1 aliphatic rings. The Hall–Kier alpha value is -0.810. The first-order valence-electron chi connectivity index (χ1n) is 4.98. The van der Waals surface area contributed by atoms with Gasteiger partial charge < -0.3 is 0 Å². The molecular weight excluding hydrogens is 190 g/mol. The van der Waals surface area contributed by atoms with E-state index in [0.29, 0.717) is 11.7 Å². The molecule has 0 fully saturated rings. The van der Waals surface area contributed by atoms with Crippen LogP contribution in [0.3, 0.4) is 0 Å². The second kappa shape index (κ2) is 5.82. The van der Waals surface area contributed by atoms with E-state index >= 15 is 0 Å². The normalized spacial score (nSPS) is 27.3. The molecule has 0 aromatic rings. The van der Waals surface area contributed by atoms with Crippen molar-refractivity contribution in [1.82, 2.24) is 0 Å². The zero-order valence-corrected chi connectivity index (χ0v) is 9.52. The van der Waals surface area contributed by atoms with Gasteiger partial charge in [0, 0.05) is 11.0 Å². The van der Waals surface area contributed by atoms with Gasteiger partial charge in [-0.25, -0.2) is 0 Å². The quantitative estimate of drug-likeness (QED) is 0.503. The van der Waals surface area contributed by atoms with Gasteiger partial charge in [-0.3, -0.25) is 0 Å². The Labute approximate surface area is 89.1 Å². The van der Waals surface area contributed by atoms with Crippen molar-refractivity contribution in [3.8, 4) is 6.07 Å². The molecule has 0 aromatic heterocycles. The molecule has 0 N–H and O–H groups in total. The van der Waals surface area contributed by atoms with E-state index in [4.69, 9.17) is 5.26 Å². The molecule has 1 nitrogen and oxygen atoms in total. The second-order valence-corrected chi connectivity index (χ2v) is 5.47. The maximum absolute atomic E-state index is 8.67. The zero-order chi connectivity index (χ0) is 10.4. The third-order valence-corrected chi connectivity index (χ3v) is 4.27. The van der Waals surface area contributed by atoms with Crippen LogP contribution in [0.4, 0.5) is 0 Å². The van der Waals surface area contributed by atoms with Gasteiger partial charge >= 0.3 is 0 Å². The third kappa shape index (κ3) is 3.16. The predicted octanol–water partition coefficient (Wildman–Crippen LogP) is 3.27. The lowest BCUT2D eigenvalue weighted by Gasteiger charge is -2.16. The van der Waals surface area contributed by atoms with Gasteiger partial charge in [0.15, 0.2) is 0 Å². The van der Waals surface area contributed by atoms with Crippen LogP contribution in [0.5, 0.6) is 0 Å². The van der Waals surface area contributed by atoms with Crippen molar-refractivity contribution in [1.29, 1.82) is 5.26 Å². The van der Waals surface area contributed by atoms with E-state index in [1.807, 2.05) is 0 Å². The average molecular weight is 207 g/mol. The van der Waals surface area contributed by atoms with Crippen molar-refractivity contribution in [2.45, 2.75) is 31.4 Å². The molecule has 14 heavy (non-hydrogen) atoms. The molecule has 76 valence electrons. The van der Waals surface area contributed by atoms with Gasteiger partial charge in [0.05, 0.1) is 12.5 Å². The van der Waals surface area contributed by atoms with E-state index in [9.17, 15) is 0 Å². The van der Waals surface area contributed by atoms with E-state index < -0.39 is 0 Å². The topological polar surface area (TPSA) is 23.8 Å². The highest BCUT2D eigenvalue weighted by atomic mass is 32.2. The largest absolute Gasteiger partial charge is 0.198 e. The van der Waals surface area contributed by atoms with Crippen LogP contribution < -0.4 is 0 Å². The predicted molar refractivity (Wildman–Crippen MR) is 65.7 cm³/mol. The molecule has 2 atom stereocenters. The van der Waals surface area contributed by atoms with Crippen LogP contribution in [-0.2, 0) is 0 Å². The number of allylic oxidation sites excluding steroid dienone is 2. The summed E-state index contributed by atoms with van der Waals surface area (Å²) in [6.07, 6.45) is 9.48. The van der Waals surface area contributed by atoms with Gasteiger partial charge in [-0.1, -0.05) is 36.6 Å². The van der Waals surface area contributed by atoms with Crippen LogP contribution in [0.25, 0.3) is 0 Å². The zero-order valence-electron chi connectivity index (χ0n) is 8.70. The summed E-state index contributed by atoms with van der Waals surface area (Å²) in [6.45, 7) is 2.19. The van der Waals surface area contributed by atoms with Crippen LogP contribution in [0.15, 0.2) is 23.8 Å². The van der Waals surface area contributed by atoms with Gasteiger partial charge in [-0.05, 0) is 12.8 Å². The Morgan fingerprint density at radius 1 is 1.71 bits per heavy atom. The minimum Gasteiger partial charge on any atom is -0.198 e. The van der Waals surface area contributed by atoms with E-state index in [0.717, 1.165) is 18.6 Å². The van der Waals surface area contributed by atoms with Gasteiger partial charge in [-0.15, -0.1) is 0 Å². The van der Waals surface area contributed by atoms with Crippen LogP contribution in [-0.4, -0.2) is 16.9 Å². The fourth-order valence-electron chi connectivity index (χ4n) is 1.48. The van der Waals surface area contributed by atoms with Crippen molar-refractivity contribution >= 4 is 16.4 Å². The number of hydrogen-bond acceptors (Lipinski definition) is 1. The Bertz CT molecular complexity index is 307. The molecule has 0 radical (unpaired) electrons. The van der Waals surface area contributed by atoms with Gasteiger partial charge in [-0.2, -0.15) is 15.7 Å². The fourth-order valence-corrected chi connectivity index (χ4v) is 2.82. The molecule has 0 amide bonds. The number of nitrogens with zero attached hydrogens (tertiary/aromatic N) is 1. The molecule has 2 unspecified atom stereocenters. The lowest BCUT2D eigenvalue weighted by atomic mass is 10.1. The second-order valence-electron chi connectivity index (χ2n) is 3.45. The van der Waals surface area contributed by atoms with Crippen LogP contribution in [0, 0.1) is 11.3 Å². The minimum absolute atomic E-state index is 0.0857. The molecule has 2 heteroatoms. The lowest BCUT2D eigenvalue weighted by Crippen LogP contribution is -2.03. The van der Waals surface area contributed by atoms with Crippen molar-refractivity contribution in [2.75, 3.05) is 5.75 Å². The summed E-state index contributed by atoms with van der Waals surface area (Å²) in [4.78, 5) is 0. The maximum Gasteiger partial charge on any atom is 0.0636 e. The lowest BCUT2D eigenvalue weighted by molar-refractivity contribution is 1.00. The van der Waals surface area contributed by atoms with Crippen LogP contribution in [0.2, 0.25) is 0 Å². The molecule has 0 aliphatic carbocycles. The molecule has 1 aliphatic heterocycles. The standard InChI is InChI=1S/C12H17NS/c1-3-11-5-4-6-12(7-9-13)14(2)10-8-11/h4,6,8,12H,2-3,5,7,10H2,1H3. The maximum atomic E-state index is 8.67. The van der Waals surface area contributed by atoms with Gasteiger partial charge in [0.25, 0.3) is 0 Å². The minimum atomic E-state index is 0.0857. The van der Waals surface area contributed by atoms with Crippen LogP contribution in [0.1, 0.15) is 26.2 Å². The van der Waals surface area contributed by atoms with Gasteiger partial charge in [0.1, 0.15) is 0 Å². The number of nitriles is 1. The number of rotatable bonds is 2. The molecule has 0 spiro atoms. The monoisotopic (exact) mass is 207 g/mol. The Balaban J connectivity index is 2.69. The van der Waals surface area contributed by atoms with Gasteiger partial charge in [0.2, 0.25) is 0 Å². The molecule has 1 rings (SSSR count). The van der Waals surface area contributed by atoms with E-state index in [1.165, 1.54) is 5.57 Å².